The molecule has 0 saturated heterocycles. The quantitative estimate of drug-likeness (QED) is 0.501. The molecule has 0 saturated carbocycles. The van der Waals surface area contributed by atoms with Gasteiger partial charge in [-0.2, -0.15) is 0 Å². The molecule has 4 heavy (non-hydrogen) atoms. The van der Waals surface area contributed by atoms with Gasteiger partial charge < -0.3 is 0 Å². The molecule has 5 radical (unpaired) electrons. The van der Waals surface area contributed by atoms with Crippen molar-refractivity contribution in [3.05, 3.63) is 0 Å². The molecule has 0 nitrogen and oxygen atoms in total. The zero-order chi connectivity index (χ0) is 0. The van der Waals surface area contributed by atoms with Crippen molar-refractivity contribution < 1.29 is 52.7 Å². The van der Waals surface area contributed by atoms with Crippen LogP contribution in [0.15, 0.2) is 0 Å². The fourth-order valence-electron chi connectivity index (χ4n) is 0. The van der Waals surface area contributed by atoms with Crippen molar-refractivity contribution in [1.29, 1.82) is 0 Å². The summed E-state index contributed by atoms with van der Waals surface area (Å²) in [5, 5.41) is 0. The van der Waals surface area contributed by atoms with Crippen LogP contribution in [0.3, 0.4) is 0 Å². The van der Waals surface area contributed by atoms with E-state index in [1.165, 1.54) is 0 Å². The summed E-state index contributed by atoms with van der Waals surface area (Å²) in [7, 11) is 0. The van der Waals surface area contributed by atoms with Crippen molar-refractivity contribution in [3.63, 3.8) is 0 Å². The second-order valence-electron chi connectivity index (χ2n) is 0. The van der Waals surface area contributed by atoms with Crippen LogP contribution in [0.1, 0.15) is 0 Å². The maximum absolute atomic E-state index is 0. The van der Waals surface area contributed by atoms with Gasteiger partial charge in [0, 0.05) is 113 Å². The summed E-state index contributed by atoms with van der Waals surface area (Å²) >= 11 is 0. The Morgan fingerprint density at radius 2 is 1.00 bits per heavy atom. The molecule has 0 aromatic rings. The molecule has 0 aliphatic rings. The second kappa shape index (κ2) is 15.9. The molecule has 0 rings (SSSR count). The average Bonchev–Trinajstić information content (AvgIpc) is 0. The maximum atomic E-state index is 0. The molecule has 0 atom stereocenters. The van der Waals surface area contributed by atoms with Gasteiger partial charge in [0.1, 0.15) is 0 Å². The Labute approximate surface area is 110 Å². The third-order valence-electron chi connectivity index (χ3n) is 0. The van der Waals surface area contributed by atoms with Gasteiger partial charge in [0.25, 0.3) is 0 Å². The van der Waals surface area contributed by atoms with Gasteiger partial charge >= 0.3 is 0 Å². The smallest absolute Gasteiger partial charge is 0 e. The van der Waals surface area contributed by atoms with Crippen LogP contribution in [0.25, 0.3) is 0 Å². The molecular formula is CaFeLaMg. The summed E-state index contributed by atoms with van der Waals surface area (Å²) in [6.07, 6.45) is 0. The molecule has 0 aromatic carbocycles. The minimum absolute atomic E-state index is 0. The monoisotopic (exact) mass is 259 g/mol. The van der Waals surface area contributed by atoms with E-state index in [0.717, 1.165) is 0 Å². The standard InChI is InChI=1S/Ca.Fe.La.Mg. The van der Waals surface area contributed by atoms with Crippen LogP contribution < -0.4 is 0 Å². The summed E-state index contributed by atoms with van der Waals surface area (Å²) in [6.45, 7) is 0. The molecule has 0 fully saturated rings. The van der Waals surface area contributed by atoms with Gasteiger partial charge in [0.05, 0.1) is 0 Å². The van der Waals surface area contributed by atoms with Crippen LogP contribution in [-0.2, 0) is 17.1 Å². The second-order valence-corrected chi connectivity index (χ2v) is 0. The summed E-state index contributed by atoms with van der Waals surface area (Å²) < 4.78 is 0. The Morgan fingerprint density at radius 3 is 1.00 bits per heavy atom. The third kappa shape index (κ3) is 9.22. The molecule has 0 aromatic heterocycles. The Kier molecular flexibility index (Phi) is 99.8. The number of hydrogen-bond acceptors (Lipinski definition) is 0. The third-order valence-corrected chi connectivity index (χ3v) is 0. The van der Waals surface area contributed by atoms with Gasteiger partial charge in [0.15, 0.2) is 0 Å². The van der Waals surface area contributed by atoms with Crippen molar-refractivity contribution in [3.8, 4) is 0 Å². The maximum Gasteiger partial charge on any atom is 0 e. The van der Waals surface area contributed by atoms with Crippen molar-refractivity contribution in [2.45, 2.75) is 0 Å². The molecule has 0 unspecified atom stereocenters. The molecule has 0 bridgehead atoms. The Morgan fingerprint density at radius 1 is 1.00 bits per heavy atom. The molecule has 0 spiro atoms. The van der Waals surface area contributed by atoms with E-state index in [1.807, 2.05) is 0 Å². The van der Waals surface area contributed by atoms with E-state index in [0.29, 0.717) is 0 Å². The molecule has 0 aliphatic carbocycles. The molecule has 0 amide bonds. The Balaban J connectivity index is 0. The van der Waals surface area contributed by atoms with Crippen LogP contribution in [0.5, 0.6) is 0 Å². The fourth-order valence-corrected chi connectivity index (χ4v) is 0. The van der Waals surface area contributed by atoms with Crippen molar-refractivity contribution in [2.24, 2.45) is 0 Å². The zero-order valence-corrected chi connectivity index (χ0v) is 10.7. The van der Waals surface area contributed by atoms with Crippen LogP contribution in [0, 0.1) is 35.6 Å². The van der Waals surface area contributed by atoms with Gasteiger partial charge in [-0.15, -0.1) is 0 Å². The first-order chi connectivity index (χ1) is 0. The van der Waals surface area contributed by atoms with E-state index in [4.69, 9.17) is 0 Å². The van der Waals surface area contributed by atoms with Gasteiger partial charge in [-0.05, 0) is 0 Å². The predicted octanol–water partition coefficient (Wildman–Crippen LogP) is -0.764. The van der Waals surface area contributed by atoms with Crippen molar-refractivity contribution in [2.75, 3.05) is 0 Å². The SMILES string of the molecule is [Ca].[Fe].[La].[Mg]. The zero-order valence-electron chi connectivity index (χ0n) is 2.35. The topological polar surface area (TPSA) is 0 Å². The van der Waals surface area contributed by atoms with Crippen LogP contribution in [0.4, 0.5) is 0 Å². The minimum Gasteiger partial charge on any atom is 0 e. The largest absolute Gasteiger partial charge is 0 e. The first-order valence-corrected chi connectivity index (χ1v) is 0. The first-order valence-electron chi connectivity index (χ1n) is 0. The van der Waals surface area contributed by atoms with E-state index in [1.54, 1.807) is 0 Å². The van der Waals surface area contributed by atoms with Crippen LogP contribution in [0.2, 0.25) is 0 Å². The van der Waals surface area contributed by atoms with E-state index in [2.05, 4.69) is 0 Å². The Hall–Kier alpha value is 3.74. The van der Waals surface area contributed by atoms with E-state index >= 15 is 0 Å². The van der Waals surface area contributed by atoms with E-state index < -0.39 is 0 Å². The summed E-state index contributed by atoms with van der Waals surface area (Å²) in [5.74, 6) is 0. The van der Waals surface area contributed by atoms with Gasteiger partial charge in [0.2, 0.25) is 0 Å². The van der Waals surface area contributed by atoms with E-state index in [9.17, 15) is 0 Å². The molecule has 15 valence electrons. The first kappa shape index (κ1) is 25.1. The van der Waals surface area contributed by atoms with Gasteiger partial charge in [-0.1, -0.05) is 0 Å². The summed E-state index contributed by atoms with van der Waals surface area (Å²) in [6, 6.07) is 0. The predicted molar refractivity (Wildman–Crippen MR) is 11.5 cm³/mol. The van der Waals surface area contributed by atoms with Crippen molar-refractivity contribution in [1.82, 2.24) is 0 Å². The van der Waals surface area contributed by atoms with Crippen LogP contribution in [-0.4, -0.2) is 60.8 Å². The molecule has 0 N–H and O–H groups in total. The molecule has 0 heterocycles. The van der Waals surface area contributed by atoms with E-state index in [-0.39, 0.29) is 113 Å². The Bertz CT molecular complexity index is 8.00. The van der Waals surface area contributed by atoms with Gasteiger partial charge in [-0.25, -0.2) is 0 Å². The fraction of sp³-hybridized carbons (Fsp3) is 0. The minimum atomic E-state index is 0. The summed E-state index contributed by atoms with van der Waals surface area (Å²) in [5.41, 5.74) is 0. The summed E-state index contributed by atoms with van der Waals surface area (Å²) in [4.78, 5) is 0. The van der Waals surface area contributed by atoms with Crippen molar-refractivity contribution >= 4 is 60.8 Å². The molecule has 0 aliphatic heterocycles. The molecular weight excluding hydrogens is 259 g/mol. The number of hydrogen-bond donors (Lipinski definition) is 0. The van der Waals surface area contributed by atoms with Gasteiger partial charge in [-0.3, -0.25) is 0 Å². The van der Waals surface area contributed by atoms with Crippen LogP contribution >= 0.6 is 0 Å². The molecule has 4 heteroatoms. The normalized spacial score (nSPS) is 0. The average molecular weight is 259 g/mol. The number of rotatable bonds is 0.